The summed E-state index contributed by atoms with van der Waals surface area (Å²) in [6, 6.07) is 9.13. The number of nitrogens with one attached hydrogen (secondary N) is 2. The van der Waals surface area contributed by atoms with Crippen molar-refractivity contribution < 1.29 is 18.7 Å². The van der Waals surface area contributed by atoms with Gasteiger partial charge in [-0.2, -0.15) is 0 Å². The third-order valence-corrected chi connectivity index (χ3v) is 4.38. The van der Waals surface area contributed by atoms with Gasteiger partial charge in [0, 0.05) is 10.6 Å². The molecule has 1 unspecified atom stereocenters. The van der Waals surface area contributed by atoms with Crippen LogP contribution in [0.3, 0.4) is 0 Å². The first-order valence-corrected chi connectivity index (χ1v) is 8.27. The molecule has 1 aromatic carbocycles. The van der Waals surface area contributed by atoms with Crippen LogP contribution in [0.25, 0.3) is 0 Å². The SMILES string of the molecule is O=C(NCc1cccs1)NCC1CN(c2ccc(F)cc2)C(=O)O1. The molecule has 126 valence electrons. The highest BCUT2D eigenvalue weighted by Crippen LogP contribution is 2.21. The number of carbonyl (C=O) groups is 2. The summed E-state index contributed by atoms with van der Waals surface area (Å²) in [5, 5.41) is 7.35. The van der Waals surface area contributed by atoms with Crippen LogP contribution < -0.4 is 15.5 Å². The van der Waals surface area contributed by atoms with Crippen molar-refractivity contribution in [1.29, 1.82) is 0 Å². The molecule has 0 radical (unpaired) electrons. The molecule has 3 rings (SSSR count). The van der Waals surface area contributed by atoms with Crippen molar-refractivity contribution in [3.05, 3.63) is 52.5 Å². The zero-order valence-electron chi connectivity index (χ0n) is 12.7. The van der Waals surface area contributed by atoms with Gasteiger partial charge in [-0.15, -0.1) is 11.3 Å². The van der Waals surface area contributed by atoms with Crippen LogP contribution in [0.2, 0.25) is 0 Å². The number of ether oxygens (including phenoxy) is 1. The summed E-state index contributed by atoms with van der Waals surface area (Å²) in [6.45, 7) is 0.963. The van der Waals surface area contributed by atoms with Gasteiger partial charge in [0.25, 0.3) is 0 Å². The molecule has 0 spiro atoms. The number of hydrogen-bond donors (Lipinski definition) is 2. The quantitative estimate of drug-likeness (QED) is 0.872. The molecule has 0 saturated carbocycles. The van der Waals surface area contributed by atoms with Crippen LogP contribution in [0, 0.1) is 5.82 Å². The maximum absolute atomic E-state index is 12.9. The molecular formula is C16H16FN3O3S. The molecule has 2 N–H and O–H groups in total. The molecule has 8 heteroatoms. The number of amides is 3. The highest BCUT2D eigenvalue weighted by molar-refractivity contribution is 7.09. The predicted molar refractivity (Wildman–Crippen MR) is 88.6 cm³/mol. The van der Waals surface area contributed by atoms with Crippen LogP contribution in [0.4, 0.5) is 19.7 Å². The Morgan fingerprint density at radius 3 is 2.79 bits per heavy atom. The van der Waals surface area contributed by atoms with Crippen LogP contribution in [-0.2, 0) is 11.3 Å². The minimum atomic E-state index is -0.507. The Hall–Kier alpha value is -2.61. The first-order chi connectivity index (χ1) is 11.6. The summed E-state index contributed by atoms with van der Waals surface area (Å²) < 4.78 is 18.2. The van der Waals surface area contributed by atoms with Crippen LogP contribution in [0.15, 0.2) is 41.8 Å². The second kappa shape index (κ2) is 7.31. The lowest BCUT2D eigenvalue weighted by molar-refractivity contribution is 0.140. The Bertz CT molecular complexity index is 706. The van der Waals surface area contributed by atoms with Crippen molar-refractivity contribution in [1.82, 2.24) is 10.6 Å². The van der Waals surface area contributed by atoms with E-state index in [4.69, 9.17) is 4.74 Å². The Labute approximate surface area is 142 Å². The fourth-order valence-electron chi connectivity index (χ4n) is 2.31. The summed E-state index contributed by atoms with van der Waals surface area (Å²) >= 11 is 1.56. The van der Waals surface area contributed by atoms with E-state index in [0.29, 0.717) is 18.8 Å². The molecule has 6 nitrogen and oxygen atoms in total. The van der Waals surface area contributed by atoms with Crippen molar-refractivity contribution in [2.75, 3.05) is 18.0 Å². The fourth-order valence-corrected chi connectivity index (χ4v) is 2.95. The minimum Gasteiger partial charge on any atom is -0.442 e. The molecule has 1 aromatic heterocycles. The van der Waals surface area contributed by atoms with E-state index in [9.17, 15) is 14.0 Å². The van der Waals surface area contributed by atoms with E-state index in [-0.39, 0.29) is 18.4 Å². The van der Waals surface area contributed by atoms with Crippen LogP contribution in [0.1, 0.15) is 4.88 Å². The predicted octanol–water partition coefficient (Wildman–Crippen LogP) is 2.71. The molecule has 2 heterocycles. The van der Waals surface area contributed by atoms with Gasteiger partial charge < -0.3 is 15.4 Å². The number of rotatable bonds is 5. The van der Waals surface area contributed by atoms with E-state index in [2.05, 4.69) is 10.6 Å². The highest BCUT2D eigenvalue weighted by Gasteiger charge is 2.32. The van der Waals surface area contributed by atoms with Gasteiger partial charge in [-0.05, 0) is 35.7 Å². The average molecular weight is 349 g/mol. The Kier molecular flexibility index (Phi) is 4.95. The molecule has 1 aliphatic heterocycles. The number of benzene rings is 1. The average Bonchev–Trinajstić information content (AvgIpc) is 3.21. The third kappa shape index (κ3) is 4.02. The summed E-state index contributed by atoms with van der Waals surface area (Å²) in [6.07, 6.45) is -0.956. The summed E-state index contributed by atoms with van der Waals surface area (Å²) in [5.41, 5.74) is 0.561. The van der Waals surface area contributed by atoms with Gasteiger partial charge in [0.15, 0.2) is 0 Å². The lowest BCUT2D eigenvalue weighted by Crippen LogP contribution is -2.40. The van der Waals surface area contributed by atoms with Gasteiger partial charge in [0.05, 0.1) is 19.6 Å². The lowest BCUT2D eigenvalue weighted by atomic mass is 10.2. The van der Waals surface area contributed by atoms with Gasteiger partial charge in [-0.25, -0.2) is 14.0 Å². The van der Waals surface area contributed by atoms with Crippen molar-refractivity contribution >= 4 is 29.1 Å². The second-order valence-electron chi connectivity index (χ2n) is 5.24. The topological polar surface area (TPSA) is 70.7 Å². The van der Waals surface area contributed by atoms with Crippen molar-refractivity contribution in [3.8, 4) is 0 Å². The van der Waals surface area contributed by atoms with Gasteiger partial charge in [0.2, 0.25) is 0 Å². The molecule has 1 saturated heterocycles. The highest BCUT2D eigenvalue weighted by atomic mass is 32.1. The van der Waals surface area contributed by atoms with E-state index < -0.39 is 12.2 Å². The minimum absolute atomic E-state index is 0.208. The Morgan fingerprint density at radius 2 is 2.08 bits per heavy atom. The molecule has 1 aliphatic rings. The zero-order chi connectivity index (χ0) is 16.9. The zero-order valence-corrected chi connectivity index (χ0v) is 13.5. The number of cyclic esters (lactones) is 1. The maximum atomic E-state index is 12.9. The number of hydrogen-bond acceptors (Lipinski definition) is 4. The van der Waals surface area contributed by atoms with Gasteiger partial charge in [-0.1, -0.05) is 6.07 Å². The van der Waals surface area contributed by atoms with E-state index in [1.807, 2.05) is 17.5 Å². The number of anilines is 1. The van der Waals surface area contributed by atoms with Crippen LogP contribution >= 0.6 is 11.3 Å². The number of nitrogens with zero attached hydrogens (tertiary/aromatic N) is 1. The molecule has 24 heavy (non-hydrogen) atoms. The first-order valence-electron chi connectivity index (χ1n) is 7.39. The number of urea groups is 1. The third-order valence-electron chi connectivity index (χ3n) is 3.51. The first kappa shape index (κ1) is 16.3. The molecule has 3 amide bonds. The molecule has 1 atom stereocenters. The smallest absolute Gasteiger partial charge is 0.414 e. The summed E-state index contributed by atoms with van der Waals surface area (Å²) in [5.74, 6) is -0.369. The maximum Gasteiger partial charge on any atom is 0.414 e. The molecule has 2 aromatic rings. The van der Waals surface area contributed by atoms with Crippen molar-refractivity contribution in [3.63, 3.8) is 0 Å². The largest absolute Gasteiger partial charge is 0.442 e. The monoisotopic (exact) mass is 349 g/mol. The van der Waals surface area contributed by atoms with Gasteiger partial charge in [-0.3, -0.25) is 4.90 Å². The van der Waals surface area contributed by atoms with E-state index in [1.54, 1.807) is 11.3 Å². The van der Waals surface area contributed by atoms with Gasteiger partial charge >= 0.3 is 12.1 Å². The summed E-state index contributed by atoms with van der Waals surface area (Å²) in [4.78, 5) is 26.1. The Balaban J connectivity index is 1.45. The molecule has 0 bridgehead atoms. The number of thiophene rings is 1. The molecular weight excluding hydrogens is 333 g/mol. The van der Waals surface area contributed by atoms with Crippen molar-refractivity contribution in [2.45, 2.75) is 12.6 Å². The van der Waals surface area contributed by atoms with E-state index >= 15 is 0 Å². The normalized spacial score (nSPS) is 16.8. The second-order valence-corrected chi connectivity index (χ2v) is 6.27. The molecule has 0 aliphatic carbocycles. The number of carbonyl (C=O) groups excluding carboxylic acids is 2. The van der Waals surface area contributed by atoms with Crippen LogP contribution in [0.5, 0.6) is 0 Å². The van der Waals surface area contributed by atoms with Crippen LogP contribution in [-0.4, -0.2) is 31.3 Å². The standard InChI is InChI=1S/C16H16FN3O3S/c17-11-3-5-12(6-4-11)20-10-13(23-16(20)22)8-18-15(21)19-9-14-2-1-7-24-14/h1-7,13H,8-10H2,(H2,18,19,21). The van der Waals surface area contributed by atoms with Crippen molar-refractivity contribution in [2.24, 2.45) is 0 Å². The van der Waals surface area contributed by atoms with Gasteiger partial charge in [0.1, 0.15) is 11.9 Å². The molecule has 1 fully saturated rings. The lowest BCUT2D eigenvalue weighted by Gasteiger charge is -2.13. The Morgan fingerprint density at radius 1 is 1.29 bits per heavy atom. The van der Waals surface area contributed by atoms with E-state index in [1.165, 1.54) is 29.2 Å². The van der Waals surface area contributed by atoms with E-state index in [0.717, 1.165) is 4.88 Å². The number of halogens is 1. The fraction of sp³-hybridized carbons (Fsp3) is 0.250. The summed E-state index contributed by atoms with van der Waals surface area (Å²) in [7, 11) is 0.